The van der Waals surface area contributed by atoms with Crippen molar-refractivity contribution in [3.8, 4) is 11.1 Å². The molecule has 0 bridgehead atoms. The van der Waals surface area contributed by atoms with Crippen molar-refractivity contribution in [1.29, 1.82) is 0 Å². The Balaban J connectivity index is 0.000000437. The number of nitrogens with one attached hydrogen (secondary N) is 1. The molecular weight excluding hydrogens is 408 g/mol. The Morgan fingerprint density at radius 1 is 0.862 bits per heavy atom. The van der Waals surface area contributed by atoms with Crippen LogP contribution in [0.3, 0.4) is 0 Å². The number of rotatable bonds is 4. The average Bonchev–Trinajstić information content (AvgIpc) is 3.45. The van der Waals surface area contributed by atoms with Crippen LogP contribution in [0, 0.1) is 10.1 Å². The number of hydrogen-bond acceptors (Lipinski definition) is 3. The maximum Gasteiger partial charge on any atom is 0.282 e. The summed E-state index contributed by atoms with van der Waals surface area (Å²) in [7, 11) is 0. The predicted octanol–water partition coefficient (Wildman–Crippen LogP) is 5.64. The van der Waals surface area contributed by atoms with Crippen molar-refractivity contribution in [2.24, 2.45) is 0 Å². The summed E-state index contributed by atoms with van der Waals surface area (Å²) in [5, 5.41) is 13.8. The number of carbonyl (C=O) groups excluding carboxylic acids is 1. The van der Waals surface area contributed by atoms with E-state index in [2.05, 4.69) is 5.32 Å². The number of benzene rings is 2. The van der Waals surface area contributed by atoms with Crippen LogP contribution >= 0.6 is 0 Å². The zero-order chi connectivity index (χ0) is 19.8. The van der Waals surface area contributed by atoms with Gasteiger partial charge in [0.1, 0.15) is 5.56 Å². The molecule has 1 N–H and O–H groups in total. The summed E-state index contributed by atoms with van der Waals surface area (Å²) in [5.74, 6) is -0.503. The first-order chi connectivity index (χ1) is 13.7. The predicted molar refractivity (Wildman–Crippen MR) is 111 cm³/mol. The van der Waals surface area contributed by atoms with E-state index in [-0.39, 0.29) is 28.3 Å². The van der Waals surface area contributed by atoms with E-state index >= 15 is 0 Å². The van der Waals surface area contributed by atoms with Crippen LogP contribution in [0.25, 0.3) is 11.1 Å². The zero-order valence-electron chi connectivity index (χ0n) is 15.3. The molecule has 0 saturated heterocycles. The van der Waals surface area contributed by atoms with Crippen molar-refractivity contribution in [1.82, 2.24) is 0 Å². The molecule has 6 heteroatoms. The van der Waals surface area contributed by atoms with Crippen molar-refractivity contribution in [3.63, 3.8) is 0 Å². The van der Waals surface area contributed by atoms with Gasteiger partial charge in [-0.05, 0) is 11.8 Å². The molecule has 0 radical (unpaired) electrons. The first-order valence-electron chi connectivity index (χ1n) is 8.69. The molecule has 29 heavy (non-hydrogen) atoms. The molecule has 0 aliphatic heterocycles. The molecule has 0 spiro atoms. The molecule has 0 atom stereocenters. The van der Waals surface area contributed by atoms with E-state index in [1.54, 1.807) is 12.1 Å². The summed E-state index contributed by atoms with van der Waals surface area (Å²) in [4.78, 5) is 22.9. The van der Waals surface area contributed by atoms with Gasteiger partial charge in [-0.1, -0.05) is 41.5 Å². The van der Waals surface area contributed by atoms with E-state index in [0.717, 1.165) is 11.1 Å². The minimum atomic E-state index is -0.558. The van der Waals surface area contributed by atoms with Crippen LogP contribution in [0.2, 0.25) is 0 Å². The Hall–Kier alpha value is -3.47. The van der Waals surface area contributed by atoms with Gasteiger partial charge in [-0.25, -0.2) is 0 Å². The smallest absolute Gasteiger partial charge is 0.282 e. The zero-order valence-corrected chi connectivity index (χ0v) is 16.4. The molecule has 0 aliphatic rings. The van der Waals surface area contributed by atoms with Crippen LogP contribution in [0.5, 0.6) is 0 Å². The first kappa shape index (κ1) is 21.8. The number of para-hydroxylation sites is 2. The van der Waals surface area contributed by atoms with Gasteiger partial charge in [0.25, 0.3) is 11.6 Å². The fourth-order valence-corrected chi connectivity index (χ4v) is 2.73. The topological polar surface area (TPSA) is 72.2 Å². The number of hydrogen-bond donors (Lipinski definition) is 1. The molecule has 4 aromatic rings. The maximum atomic E-state index is 12.4. The van der Waals surface area contributed by atoms with Crippen LogP contribution < -0.4 is 5.32 Å². The van der Waals surface area contributed by atoms with Crippen molar-refractivity contribution in [2.75, 3.05) is 5.32 Å². The third kappa shape index (κ3) is 5.75. The van der Waals surface area contributed by atoms with Crippen molar-refractivity contribution in [3.05, 3.63) is 119 Å². The fourth-order valence-electron chi connectivity index (χ4n) is 2.73. The second-order valence-corrected chi connectivity index (χ2v) is 5.91. The summed E-state index contributed by atoms with van der Waals surface area (Å²) in [5.41, 5.74) is 2.28. The second kappa shape index (κ2) is 10.8. The van der Waals surface area contributed by atoms with E-state index in [1.807, 2.05) is 72.8 Å². The number of carbonyl (C=O) groups is 1. The van der Waals surface area contributed by atoms with Gasteiger partial charge in [0.05, 0.1) is 4.92 Å². The van der Waals surface area contributed by atoms with Crippen molar-refractivity contribution < 1.29 is 26.8 Å². The Morgan fingerprint density at radius 3 is 2.03 bits per heavy atom. The molecule has 5 nitrogen and oxygen atoms in total. The fraction of sp³-hybridized carbons (Fsp3) is 0. The van der Waals surface area contributed by atoms with E-state index in [1.165, 1.54) is 18.2 Å². The molecule has 0 saturated carbocycles. The van der Waals surface area contributed by atoms with Crippen LogP contribution in [-0.4, -0.2) is 10.8 Å². The number of anilines is 1. The standard InChI is InChI=1S/C18H13N2O3.C5H5.Fe/c21-18(15-10-4-6-12-17(15)20(22)23)19-16-11-5-3-9-14(16)13-7-1-2-8-13;1-2-4-5-3-1;/h1-12H,(H,19,21);1-5H;/q-1;-5;. The second-order valence-electron chi connectivity index (χ2n) is 5.91. The maximum absolute atomic E-state index is 12.4. The van der Waals surface area contributed by atoms with Crippen LogP contribution in [-0.2, 0) is 17.1 Å². The van der Waals surface area contributed by atoms with Gasteiger partial charge in [-0.2, -0.15) is 12.1 Å². The van der Waals surface area contributed by atoms with Gasteiger partial charge in [0.2, 0.25) is 0 Å². The number of nitrogens with zero attached hydrogens (tertiary/aromatic N) is 1. The molecule has 0 aliphatic carbocycles. The molecule has 0 aromatic heterocycles. The molecule has 4 aromatic carbocycles. The summed E-state index contributed by atoms with van der Waals surface area (Å²) in [6.07, 6.45) is 0. The average molecular weight is 426 g/mol. The summed E-state index contributed by atoms with van der Waals surface area (Å²) < 4.78 is 0. The molecule has 1 amide bonds. The number of nitro groups is 1. The Bertz CT molecular complexity index is 1020. The molecule has 0 fully saturated rings. The SMILES string of the molecule is O=C(Nc1ccccc1-[c-]1cccc1)c1ccccc1[N+](=O)[O-].[Fe].[cH-]1[cH-][cH-][cH-][cH-]1. The largest absolute Gasteiger partial charge is 0.748 e. The molecular formula is C23H18FeN2O3-6. The monoisotopic (exact) mass is 426 g/mol. The first-order valence-corrected chi connectivity index (χ1v) is 8.69. The normalized spacial score (nSPS) is 9.52. The number of amides is 1. The summed E-state index contributed by atoms with van der Waals surface area (Å²) in [6.45, 7) is 0. The Morgan fingerprint density at radius 2 is 1.41 bits per heavy atom. The van der Waals surface area contributed by atoms with Gasteiger partial charge in [-0.3, -0.25) is 14.9 Å². The number of nitro benzene ring substituents is 1. The minimum absolute atomic E-state index is 0. The van der Waals surface area contributed by atoms with E-state index < -0.39 is 10.8 Å². The van der Waals surface area contributed by atoms with Gasteiger partial charge in [0.15, 0.2) is 0 Å². The van der Waals surface area contributed by atoms with Crippen LogP contribution in [0.1, 0.15) is 10.4 Å². The quantitative estimate of drug-likeness (QED) is 0.199. The van der Waals surface area contributed by atoms with Crippen molar-refractivity contribution >= 4 is 17.3 Å². The van der Waals surface area contributed by atoms with E-state index in [9.17, 15) is 14.9 Å². The molecule has 0 unspecified atom stereocenters. The molecule has 0 heterocycles. The third-order valence-corrected chi connectivity index (χ3v) is 4.05. The van der Waals surface area contributed by atoms with Crippen molar-refractivity contribution in [2.45, 2.75) is 0 Å². The van der Waals surface area contributed by atoms with Gasteiger partial charge < -0.3 is 35.6 Å². The summed E-state index contributed by atoms with van der Waals surface area (Å²) in [6, 6.07) is 31.0. The minimum Gasteiger partial charge on any atom is -0.748 e. The van der Waals surface area contributed by atoms with Gasteiger partial charge in [-0.15, -0.1) is 18.2 Å². The molecule has 152 valence electrons. The van der Waals surface area contributed by atoms with Crippen LogP contribution in [0.4, 0.5) is 11.4 Å². The Kier molecular flexibility index (Phi) is 8.10. The Labute approximate surface area is 179 Å². The van der Waals surface area contributed by atoms with Gasteiger partial charge in [0, 0.05) is 23.1 Å². The molecule has 4 rings (SSSR count). The van der Waals surface area contributed by atoms with Crippen LogP contribution in [0.15, 0.2) is 103 Å². The summed E-state index contributed by atoms with van der Waals surface area (Å²) >= 11 is 0. The van der Waals surface area contributed by atoms with E-state index in [4.69, 9.17) is 0 Å². The van der Waals surface area contributed by atoms with Gasteiger partial charge >= 0.3 is 0 Å². The third-order valence-electron chi connectivity index (χ3n) is 4.05. The van der Waals surface area contributed by atoms with E-state index in [0.29, 0.717) is 5.69 Å².